The van der Waals surface area contributed by atoms with Gasteiger partial charge in [0.2, 0.25) is 6.33 Å². The van der Waals surface area contributed by atoms with Crippen LogP contribution in [0.4, 0.5) is 0 Å². The van der Waals surface area contributed by atoms with E-state index in [9.17, 15) is 0 Å². The van der Waals surface area contributed by atoms with E-state index in [1.54, 1.807) is 0 Å². The molecule has 0 spiro atoms. The van der Waals surface area contributed by atoms with Crippen molar-refractivity contribution in [3.8, 4) is 0 Å². The zero-order valence-electron chi connectivity index (χ0n) is 8.20. The molecule has 2 aromatic rings. The van der Waals surface area contributed by atoms with Crippen LogP contribution in [0.15, 0.2) is 30.6 Å². The smallest absolute Gasteiger partial charge is 0.230 e. The Hall–Kier alpha value is -1.31. The second-order valence-electron chi connectivity index (χ2n) is 3.18. The third-order valence-corrected chi connectivity index (χ3v) is 2.46. The van der Waals surface area contributed by atoms with Crippen LogP contribution in [0.25, 0.3) is 11.0 Å². The number of rotatable bonds is 2. The van der Waals surface area contributed by atoms with Crippen molar-refractivity contribution in [1.29, 1.82) is 0 Å². The molecule has 0 saturated heterocycles. The first kappa shape index (κ1) is 8.30. The van der Waals surface area contributed by atoms with E-state index in [2.05, 4.69) is 53.6 Å². The molecule has 0 atom stereocenters. The molecule has 0 fully saturated rings. The molecule has 13 heavy (non-hydrogen) atoms. The number of para-hydroxylation sites is 2. The van der Waals surface area contributed by atoms with Gasteiger partial charge < -0.3 is 0 Å². The van der Waals surface area contributed by atoms with Crippen molar-refractivity contribution in [2.45, 2.75) is 26.9 Å². The fourth-order valence-electron chi connectivity index (χ4n) is 1.75. The van der Waals surface area contributed by atoms with E-state index in [-0.39, 0.29) is 0 Å². The van der Waals surface area contributed by atoms with Crippen molar-refractivity contribution in [1.82, 2.24) is 4.57 Å². The lowest BCUT2D eigenvalue weighted by Crippen LogP contribution is -2.30. The van der Waals surface area contributed by atoms with E-state index in [0.717, 1.165) is 13.1 Å². The number of imidazole rings is 1. The predicted octanol–water partition coefficient (Wildman–Crippen LogP) is 1.97. The molecule has 0 aliphatic carbocycles. The van der Waals surface area contributed by atoms with Gasteiger partial charge in [-0.2, -0.15) is 0 Å². The van der Waals surface area contributed by atoms with Crippen LogP contribution in [-0.4, -0.2) is 4.57 Å². The van der Waals surface area contributed by atoms with Gasteiger partial charge in [0.15, 0.2) is 11.0 Å². The van der Waals surface area contributed by atoms with Crippen molar-refractivity contribution < 1.29 is 4.57 Å². The van der Waals surface area contributed by atoms with E-state index in [1.807, 2.05) is 0 Å². The first-order valence-corrected chi connectivity index (χ1v) is 4.84. The highest BCUT2D eigenvalue weighted by Crippen LogP contribution is 2.09. The molecule has 0 radical (unpaired) electrons. The van der Waals surface area contributed by atoms with Gasteiger partial charge in [-0.1, -0.05) is 12.1 Å². The number of aromatic nitrogens is 2. The van der Waals surface area contributed by atoms with Crippen LogP contribution in [-0.2, 0) is 13.1 Å². The number of benzene rings is 1. The molecule has 1 aromatic carbocycles. The molecule has 0 bridgehead atoms. The lowest BCUT2D eigenvalue weighted by Gasteiger charge is -1.88. The lowest BCUT2D eigenvalue weighted by molar-refractivity contribution is -0.668. The summed E-state index contributed by atoms with van der Waals surface area (Å²) in [5.74, 6) is 0. The largest absolute Gasteiger partial charge is 0.244 e. The maximum atomic E-state index is 2.28. The monoisotopic (exact) mass is 175 g/mol. The van der Waals surface area contributed by atoms with Gasteiger partial charge in [0.1, 0.15) is 0 Å². The fourth-order valence-corrected chi connectivity index (χ4v) is 1.75. The van der Waals surface area contributed by atoms with Crippen LogP contribution < -0.4 is 4.57 Å². The molecular weight excluding hydrogens is 160 g/mol. The average molecular weight is 175 g/mol. The standard InChI is InChI=1S/C11H15N2/c1-3-12-9-13(4-2)11-8-6-5-7-10(11)12/h5-9H,3-4H2,1-2H3/q+1. The molecule has 2 nitrogen and oxygen atoms in total. The number of hydrogen-bond donors (Lipinski definition) is 0. The summed E-state index contributed by atoms with van der Waals surface area (Å²) >= 11 is 0. The van der Waals surface area contributed by atoms with Crippen LogP contribution in [0.1, 0.15) is 13.8 Å². The number of hydrogen-bond acceptors (Lipinski definition) is 0. The first-order valence-electron chi connectivity index (χ1n) is 4.84. The summed E-state index contributed by atoms with van der Waals surface area (Å²) in [4.78, 5) is 0. The molecule has 1 heterocycles. The van der Waals surface area contributed by atoms with Crippen molar-refractivity contribution in [2.24, 2.45) is 0 Å². The summed E-state index contributed by atoms with van der Waals surface area (Å²) in [6, 6.07) is 8.53. The Kier molecular flexibility index (Phi) is 2.05. The topological polar surface area (TPSA) is 8.81 Å². The van der Waals surface area contributed by atoms with Crippen LogP contribution in [0.3, 0.4) is 0 Å². The molecule has 0 aliphatic heterocycles. The molecule has 1 aromatic heterocycles. The highest BCUT2D eigenvalue weighted by Gasteiger charge is 2.11. The molecule has 0 N–H and O–H groups in total. The fraction of sp³-hybridized carbons (Fsp3) is 0.364. The Morgan fingerprint density at radius 3 is 2.69 bits per heavy atom. The maximum Gasteiger partial charge on any atom is 0.244 e. The van der Waals surface area contributed by atoms with Gasteiger partial charge in [-0.05, 0) is 26.0 Å². The summed E-state index contributed by atoms with van der Waals surface area (Å²) in [6.45, 7) is 6.42. The Morgan fingerprint density at radius 1 is 1.23 bits per heavy atom. The third kappa shape index (κ3) is 1.22. The first-order chi connectivity index (χ1) is 6.36. The van der Waals surface area contributed by atoms with Crippen LogP contribution in [0.5, 0.6) is 0 Å². The zero-order chi connectivity index (χ0) is 9.26. The summed E-state index contributed by atoms with van der Waals surface area (Å²) in [5.41, 5.74) is 2.65. The van der Waals surface area contributed by atoms with E-state index >= 15 is 0 Å². The van der Waals surface area contributed by atoms with E-state index in [1.165, 1.54) is 11.0 Å². The van der Waals surface area contributed by atoms with Gasteiger partial charge in [-0.3, -0.25) is 0 Å². The number of aryl methyl sites for hydroxylation is 2. The minimum atomic E-state index is 1.04. The summed E-state index contributed by atoms with van der Waals surface area (Å²) in [6.07, 6.45) is 2.19. The highest BCUT2D eigenvalue weighted by molar-refractivity contribution is 5.71. The maximum absolute atomic E-state index is 2.28. The second-order valence-corrected chi connectivity index (χ2v) is 3.18. The summed E-state index contributed by atoms with van der Waals surface area (Å²) in [5, 5.41) is 0. The normalized spacial score (nSPS) is 10.9. The van der Waals surface area contributed by atoms with Crippen LogP contribution >= 0.6 is 0 Å². The van der Waals surface area contributed by atoms with Gasteiger partial charge in [-0.15, -0.1) is 0 Å². The Labute approximate surface area is 78.4 Å². The van der Waals surface area contributed by atoms with E-state index in [4.69, 9.17) is 0 Å². The number of fused-ring (bicyclic) bond motifs is 1. The van der Waals surface area contributed by atoms with Gasteiger partial charge in [0.05, 0.1) is 13.1 Å². The van der Waals surface area contributed by atoms with Crippen molar-refractivity contribution in [3.05, 3.63) is 30.6 Å². The average Bonchev–Trinajstić information content (AvgIpc) is 2.56. The highest BCUT2D eigenvalue weighted by atomic mass is 15.1. The van der Waals surface area contributed by atoms with Crippen LogP contribution in [0, 0.1) is 0 Å². The quantitative estimate of drug-likeness (QED) is 0.617. The summed E-state index contributed by atoms with van der Waals surface area (Å²) in [7, 11) is 0. The van der Waals surface area contributed by atoms with Gasteiger partial charge in [0.25, 0.3) is 0 Å². The van der Waals surface area contributed by atoms with Crippen molar-refractivity contribution in [3.63, 3.8) is 0 Å². The molecule has 0 saturated carbocycles. The van der Waals surface area contributed by atoms with Gasteiger partial charge >= 0.3 is 0 Å². The minimum Gasteiger partial charge on any atom is -0.230 e. The zero-order valence-corrected chi connectivity index (χ0v) is 8.20. The molecule has 0 unspecified atom stereocenters. The molecular formula is C11H15N2+. The Bertz CT molecular complexity index is 377. The lowest BCUT2D eigenvalue weighted by atomic mass is 10.3. The van der Waals surface area contributed by atoms with Gasteiger partial charge in [0, 0.05) is 0 Å². The minimum absolute atomic E-state index is 1.04. The van der Waals surface area contributed by atoms with E-state index < -0.39 is 0 Å². The Morgan fingerprint density at radius 2 is 2.00 bits per heavy atom. The van der Waals surface area contributed by atoms with Crippen LogP contribution in [0.2, 0.25) is 0 Å². The third-order valence-electron chi connectivity index (χ3n) is 2.46. The molecule has 2 heteroatoms. The molecule has 0 amide bonds. The predicted molar refractivity (Wildman–Crippen MR) is 53.5 cm³/mol. The SMILES string of the molecule is CCn1c[n+](CC)c2ccccc21. The van der Waals surface area contributed by atoms with Gasteiger partial charge in [-0.25, -0.2) is 9.13 Å². The number of nitrogens with zero attached hydrogens (tertiary/aromatic N) is 2. The van der Waals surface area contributed by atoms with Crippen molar-refractivity contribution in [2.75, 3.05) is 0 Å². The molecule has 2 rings (SSSR count). The second kappa shape index (κ2) is 3.21. The Balaban J connectivity index is 2.74. The van der Waals surface area contributed by atoms with Crippen molar-refractivity contribution >= 4 is 11.0 Å². The summed E-state index contributed by atoms with van der Waals surface area (Å²) < 4.78 is 4.55. The molecule has 0 aliphatic rings. The van der Waals surface area contributed by atoms with E-state index in [0.29, 0.717) is 0 Å². The molecule has 68 valence electrons.